The average molecular weight is 312 g/mol. The van der Waals surface area contributed by atoms with Gasteiger partial charge in [-0.2, -0.15) is 0 Å². The zero-order valence-electron chi connectivity index (χ0n) is 10.8. The van der Waals surface area contributed by atoms with Crippen LogP contribution in [0, 0.1) is 5.92 Å². The van der Waals surface area contributed by atoms with Gasteiger partial charge in [0, 0.05) is 11.0 Å². The molecule has 0 aromatic heterocycles. The molecule has 0 aliphatic heterocycles. The van der Waals surface area contributed by atoms with Gasteiger partial charge in [-0.05, 0) is 37.1 Å². The molecule has 2 rings (SSSR count). The van der Waals surface area contributed by atoms with E-state index in [-0.39, 0.29) is 0 Å². The Bertz CT molecular complexity index is 350. The van der Waals surface area contributed by atoms with Crippen LogP contribution in [0.15, 0.2) is 28.7 Å². The summed E-state index contributed by atoms with van der Waals surface area (Å²) in [6.07, 6.45) is 7.09. The molecule has 2 nitrogen and oxygen atoms in total. The molecule has 18 heavy (non-hydrogen) atoms. The lowest BCUT2D eigenvalue weighted by atomic mass is 10.0. The van der Waals surface area contributed by atoms with Crippen LogP contribution in [0.3, 0.4) is 0 Å². The van der Waals surface area contributed by atoms with Crippen molar-refractivity contribution in [3.05, 3.63) is 28.7 Å². The van der Waals surface area contributed by atoms with Gasteiger partial charge < -0.3 is 10.1 Å². The molecule has 0 atom stereocenters. The zero-order valence-corrected chi connectivity index (χ0v) is 12.4. The maximum absolute atomic E-state index is 5.67. The lowest BCUT2D eigenvalue weighted by Gasteiger charge is -2.10. The largest absolute Gasteiger partial charge is 0.492 e. The summed E-state index contributed by atoms with van der Waals surface area (Å²) >= 11 is 3.44. The van der Waals surface area contributed by atoms with Gasteiger partial charge in [0.2, 0.25) is 0 Å². The SMILES string of the molecule is Brc1cccc(OCCNCCC2CCCC2)c1. The van der Waals surface area contributed by atoms with E-state index in [2.05, 4.69) is 21.2 Å². The molecule has 3 heteroatoms. The lowest BCUT2D eigenvalue weighted by Crippen LogP contribution is -2.23. The first-order valence-electron chi connectivity index (χ1n) is 6.94. The fraction of sp³-hybridized carbons (Fsp3) is 0.600. The quantitative estimate of drug-likeness (QED) is 0.769. The molecule has 1 aliphatic carbocycles. The molecule has 1 aromatic carbocycles. The maximum Gasteiger partial charge on any atom is 0.120 e. The van der Waals surface area contributed by atoms with Gasteiger partial charge in [-0.1, -0.05) is 47.7 Å². The molecule has 1 N–H and O–H groups in total. The van der Waals surface area contributed by atoms with E-state index in [1.54, 1.807) is 0 Å². The monoisotopic (exact) mass is 311 g/mol. The van der Waals surface area contributed by atoms with Crippen molar-refractivity contribution in [2.45, 2.75) is 32.1 Å². The van der Waals surface area contributed by atoms with Gasteiger partial charge in [-0.25, -0.2) is 0 Å². The summed E-state index contributed by atoms with van der Waals surface area (Å²) in [7, 11) is 0. The van der Waals surface area contributed by atoms with E-state index >= 15 is 0 Å². The van der Waals surface area contributed by atoms with E-state index < -0.39 is 0 Å². The molecule has 0 saturated heterocycles. The fourth-order valence-electron chi connectivity index (χ4n) is 2.53. The third kappa shape index (κ3) is 4.99. The molecule has 1 aliphatic rings. The van der Waals surface area contributed by atoms with Crippen molar-refractivity contribution < 1.29 is 4.74 Å². The molecule has 0 radical (unpaired) electrons. The Morgan fingerprint density at radius 3 is 2.83 bits per heavy atom. The number of hydrogen-bond acceptors (Lipinski definition) is 2. The number of rotatable bonds is 7. The highest BCUT2D eigenvalue weighted by Crippen LogP contribution is 2.26. The Balaban J connectivity index is 1.50. The molecule has 0 bridgehead atoms. The van der Waals surface area contributed by atoms with E-state index in [4.69, 9.17) is 4.74 Å². The minimum Gasteiger partial charge on any atom is -0.492 e. The van der Waals surface area contributed by atoms with Crippen LogP contribution in [0.25, 0.3) is 0 Å². The van der Waals surface area contributed by atoms with Gasteiger partial charge in [0.15, 0.2) is 0 Å². The second-order valence-corrected chi connectivity index (χ2v) is 5.91. The number of nitrogens with one attached hydrogen (secondary N) is 1. The molecule has 0 spiro atoms. The Morgan fingerprint density at radius 2 is 2.06 bits per heavy atom. The number of halogens is 1. The van der Waals surface area contributed by atoms with Crippen LogP contribution in [0.2, 0.25) is 0 Å². The van der Waals surface area contributed by atoms with Crippen molar-refractivity contribution in [2.24, 2.45) is 5.92 Å². The topological polar surface area (TPSA) is 21.3 Å². The summed E-state index contributed by atoms with van der Waals surface area (Å²) in [4.78, 5) is 0. The second kappa shape index (κ2) is 7.80. The van der Waals surface area contributed by atoms with Crippen LogP contribution in [-0.2, 0) is 0 Å². The molecule has 100 valence electrons. The van der Waals surface area contributed by atoms with Gasteiger partial charge in [0.1, 0.15) is 12.4 Å². The van der Waals surface area contributed by atoms with Crippen molar-refractivity contribution in [3.8, 4) is 5.75 Å². The van der Waals surface area contributed by atoms with Crippen LogP contribution in [0.1, 0.15) is 32.1 Å². The van der Waals surface area contributed by atoms with E-state index in [1.165, 1.54) is 32.1 Å². The Morgan fingerprint density at radius 1 is 1.22 bits per heavy atom. The predicted molar refractivity (Wildman–Crippen MR) is 79.1 cm³/mol. The van der Waals surface area contributed by atoms with Crippen LogP contribution >= 0.6 is 15.9 Å². The van der Waals surface area contributed by atoms with Gasteiger partial charge in [-0.15, -0.1) is 0 Å². The van der Waals surface area contributed by atoms with Gasteiger partial charge in [0.05, 0.1) is 0 Å². The predicted octanol–water partition coefficient (Wildman–Crippen LogP) is 4.00. The van der Waals surface area contributed by atoms with Gasteiger partial charge in [0.25, 0.3) is 0 Å². The summed E-state index contributed by atoms with van der Waals surface area (Å²) in [5.74, 6) is 1.91. The Hall–Kier alpha value is -0.540. The first-order chi connectivity index (χ1) is 8.84. The smallest absolute Gasteiger partial charge is 0.120 e. The van der Waals surface area contributed by atoms with Crippen molar-refractivity contribution in [1.82, 2.24) is 5.32 Å². The van der Waals surface area contributed by atoms with Gasteiger partial charge in [-0.3, -0.25) is 0 Å². The summed E-state index contributed by atoms with van der Waals surface area (Å²) in [5, 5.41) is 3.46. The minimum absolute atomic E-state index is 0.737. The van der Waals surface area contributed by atoms with Crippen molar-refractivity contribution >= 4 is 15.9 Å². The van der Waals surface area contributed by atoms with Crippen molar-refractivity contribution in [1.29, 1.82) is 0 Å². The summed E-state index contributed by atoms with van der Waals surface area (Å²) in [6, 6.07) is 7.99. The standard InChI is InChI=1S/C15H22BrNO/c16-14-6-3-7-15(12-14)18-11-10-17-9-8-13-4-1-2-5-13/h3,6-7,12-13,17H,1-2,4-5,8-11H2. The second-order valence-electron chi connectivity index (χ2n) is 4.99. The van der Waals surface area contributed by atoms with Crippen LogP contribution < -0.4 is 10.1 Å². The molecular formula is C15H22BrNO. The number of ether oxygens (including phenoxy) is 1. The maximum atomic E-state index is 5.67. The summed E-state index contributed by atoms with van der Waals surface area (Å²) in [6.45, 7) is 2.80. The van der Waals surface area contributed by atoms with Crippen LogP contribution in [0.5, 0.6) is 5.75 Å². The first kappa shape index (κ1) is 13.9. The highest BCUT2D eigenvalue weighted by Gasteiger charge is 2.13. The summed E-state index contributed by atoms with van der Waals surface area (Å²) < 4.78 is 6.73. The lowest BCUT2D eigenvalue weighted by molar-refractivity contribution is 0.311. The molecule has 1 fully saturated rings. The highest BCUT2D eigenvalue weighted by molar-refractivity contribution is 9.10. The number of benzene rings is 1. The number of hydrogen-bond donors (Lipinski definition) is 1. The molecule has 0 unspecified atom stereocenters. The Kier molecular flexibility index (Phi) is 6.01. The van der Waals surface area contributed by atoms with Crippen LogP contribution in [0.4, 0.5) is 0 Å². The van der Waals surface area contributed by atoms with Crippen molar-refractivity contribution in [3.63, 3.8) is 0 Å². The van der Waals surface area contributed by atoms with Crippen LogP contribution in [-0.4, -0.2) is 19.7 Å². The van der Waals surface area contributed by atoms with Crippen molar-refractivity contribution in [2.75, 3.05) is 19.7 Å². The molecule has 1 saturated carbocycles. The zero-order chi connectivity index (χ0) is 12.6. The average Bonchev–Trinajstić information content (AvgIpc) is 2.87. The Labute approximate surface area is 118 Å². The van der Waals surface area contributed by atoms with E-state index in [0.717, 1.165) is 35.8 Å². The minimum atomic E-state index is 0.737. The van der Waals surface area contributed by atoms with E-state index in [0.29, 0.717) is 0 Å². The molecule has 0 heterocycles. The van der Waals surface area contributed by atoms with Gasteiger partial charge >= 0.3 is 0 Å². The third-order valence-electron chi connectivity index (χ3n) is 3.55. The third-order valence-corrected chi connectivity index (χ3v) is 4.04. The normalized spacial score (nSPS) is 16.1. The van der Waals surface area contributed by atoms with E-state index in [1.807, 2.05) is 24.3 Å². The fourth-order valence-corrected chi connectivity index (χ4v) is 2.91. The molecule has 0 amide bonds. The first-order valence-corrected chi connectivity index (χ1v) is 7.73. The highest BCUT2D eigenvalue weighted by atomic mass is 79.9. The summed E-state index contributed by atoms with van der Waals surface area (Å²) in [5.41, 5.74) is 0. The molecular weight excluding hydrogens is 290 g/mol. The molecule has 1 aromatic rings. The van der Waals surface area contributed by atoms with E-state index in [9.17, 15) is 0 Å².